The van der Waals surface area contributed by atoms with Crippen LogP contribution >= 0.6 is 0 Å². The number of carbonyl (C=O) groups excluding carboxylic acids is 2. The number of para-hydroxylation sites is 1. The summed E-state index contributed by atoms with van der Waals surface area (Å²) in [6.07, 6.45) is 1.42. The molecule has 0 saturated heterocycles. The summed E-state index contributed by atoms with van der Waals surface area (Å²) < 4.78 is 24.3. The fraction of sp³-hybridized carbons (Fsp3) is 0.316. The lowest BCUT2D eigenvalue weighted by Crippen LogP contribution is -2.22. The standard InChI is InChI=1S/C19H20FN3O4/c1-3-26-19(25)23-22-14-9-6-10-15-16(14)11(2)17(27-15)18(24)21-13-8-5-4-7-12(13)20/h4-5,7-8H,3,6,9-10H2,1-2H3,(H,21,24)(H,23,25)/b22-14+. The van der Waals surface area contributed by atoms with E-state index in [1.54, 1.807) is 26.0 Å². The van der Waals surface area contributed by atoms with E-state index in [1.807, 2.05) is 0 Å². The number of nitrogens with zero attached hydrogens (tertiary/aromatic N) is 1. The zero-order chi connectivity index (χ0) is 19.4. The van der Waals surface area contributed by atoms with Gasteiger partial charge in [0.1, 0.15) is 11.6 Å². The zero-order valence-electron chi connectivity index (χ0n) is 15.1. The molecule has 142 valence electrons. The van der Waals surface area contributed by atoms with Crippen LogP contribution in [0.15, 0.2) is 33.8 Å². The number of fused-ring (bicyclic) bond motifs is 1. The van der Waals surface area contributed by atoms with Crippen molar-refractivity contribution in [2.45, 2.75) is 33.1 Å². The number of nitrogens with one attached hydrogen (secondary N) is 2. The number of hydrogen-bond donors (Lipinski definition) is 2. The largest absolute Gasteiger partial charge is 0.455 e. The minimum absolute atomic E-state index is 0.0779. The third kappa shape index (κ3) is 3.99. The zero-order valence-corrected chi connectivity index (χ0v) is 15.1. The van der Waals surface area contributed by atoms with Crippen LogP contribution in [0.5, 0.6) is 0 Å². The Labute approximate surface area is 155 Å². The molecule has 0 unspecified atom stereocenters. The lowest BCUT2D eigenvalue weighted by Gasteiger charge is -2.13. The molecule has 2 N–H and O–H groups in total. The number of rotatable bonds is 4. The molecule has 1 heterocycles. The number of amides is 2. The second-order valence-electron chi connectivity index (χ2n) is 6.03. The van der Waals surface area contributed by atoms with Gasteiger partial charge in [0.2, 0.25) is 0 Å². The van der Waals surface area contributed by atoms with Crippen molar-refractivity contribution in [3.8, 4) is 0 Å². The highest BCUT2D eigenvalue weighted by Gasteiger charge is 2.28. The van der Waals surface area contributed by atoms with Gasteiger partial charge in [-0.15, -0.1) is 0 Å². The molecule has 0 atom stereocenters. The highest BCUT2D eigenvalue weighted by Crippen LogP contribution is 2.30. The number of hydrazone groups is 1. The van der Waals surface area contributed by atoms with Gasteiger partial charge in [-0.3, -0.25) is 4.79 Å². The molecule has 2 aromatic rings. The van der Waals surface area contributed by atoms with E-state index in [1.165, 1.54) is 12.1 Å². The Morgan fingerprint density at radius 2 is 2.07 bits per heavy atom. The van der Waals surface area contributed by atoms with Gasteiger partial charge in [0.25, 0.3) is 5.91 Å². The van der Waals surface area contributed by atoms with Crippen molar-refractivity contribution in [3.63, 3.8) is 0 Å². The van der Waals surface area contributed by atoms with Crippen molar-refractivity contribution in [1.29, 1.82) is 0 Å². The maximum absolute atomic E-state index is 13.8. The van der Waals surface area contributed by atoms with E-state index in [2.05, 4.69) is 15.8 Å². The monoisotopic (exact) mass is 373 g/mol. The molecule has 27 heavy (non-hydrogen) atoms. The predicted octanol–water partition coefficient (Wildman–Crippen LogP) is 3.77. The summed E-state index contributed by atoms with van der Waals surface area (Å²) in [4.78, 5) is 24.0. The minimum atomic E-state index is -0.643. The highest BCUT2D eigenvalue weighted by atomic mass is 19.1. The van der Waals surface area contributed by atoms with E-state index in [4.69, 9.17) is 9.15 Å². The number of carbonyl (C=O) groups is 2. The summed E-state index contributed by atoms with van der Waals surface area (Å²) in [6.45, 7) is 3.68. The van der Waals surface area contributed by atoms with Crippen molar-refractivity contribution in [2.24, 2.45) is 5.10 Å². The van der Waals surface area contributed by atoms with Crippen LogP contribution in [0.1, 0.15) is 47.2 Å². The first kappa shape index (κ1) is 18.6. The van der Waals surface area contributed by atoms with Gasteiger partial charge in [0, 0.05) is 17.5 Å². The molecule has 1 aliphatic carbocycles. The van der Waals surface area contributed by atoms with Gasteiger partial charge in [0.15, 0.2) is 5.76 Å². The molecule has 8 heteroatoms. The first-order chi connectivity index (χ1) is 13.0. The molecule has 0 saturated carbocycles. The molecule has 1 aromatic carbocycles. The van der Waals surface area contributed by atoms with Crippen LogP contribution in [0.4, 0.5) is 14.9 Å². The lowest BCUT2D eigenvalue weighted by atomic mass is 9.93. The van der Waals surface area contributed by atoms with E-state index >= 15 is 0 Å². The van der Waals surface area contributed by atoms with Crippen molar-refractivity contribution >= 4 is 23.4 Å². The number of aryl methyl sites for hydroxylation is 1. The average molecular weight is 373 g/mol. The molecule has 2 amide bonds. The Kier molecular flexibility index (Phi) is 5.54. The van der Waals surface area contributed by atoms with E-state index in [9.17, 15) is 14.0 Å². The molecule has 0 bridgehead atoms. The molecular weight excluding hydrogens is 353 g/mol. The molecule has 0 aliphatic heterocycles. The van der Waals surface area contributed by atoms with Crippen molar-refractivity contribution in [3.05, 3.63) is 52.7 Å². The maximum Gasteiger partial charge on any atom is 0.427 e. The fourth-order valence-corrected chi connectivity index (χ4v) is 3.01. The second kappa shape index (κ2) is 8.03. The topological polar surface area (TPSA) is 92.9 Å². The van der Waals surface area contributed by atoms with E-state index < -0.39 is 17.8 Å². The van der Waals surface area contributed by atoms with Gasteiger partial charge in [-0.25, -0.2) is 14.6 Å². The first-order valence-electron chi connectivity index (χ1n) is 8.69. The summed E-state index contributed by atoms with van der Waals surface area (Å²) >= 11 is 0. The Morgan fingerprint density at radius 1 is 1.30 bits per heavy atom. The minimum Gasteiger partial charge on any atom is -0.455 e. The smallest absolute Gasteiger partial charge is 0.427 e. The highest BCUT2D eigenvalue weighted by molar-refractivity contribution is 6.09. The maximum atomic E-state index is 13.8. The van der Waals surface area contributed by atoms with E-state index in [-0.39, 0.29) is 18.1 Å². The van der Waals surface area contributed by atoms with E-state index in [0.717, 1.165) is 6.42 Å². The van der Waals surface area contributed by atoms with Crippen molar-refractivity contribution in [1.82, 2.24) is 5.43 Å². The molecule has 0 fully saturated rings. The summed E-state index contributed by atoms with van der Waals surface area (Å²) in [5.74, 6) is -0.332. The first-order valence-corrected chi connectivity index (χ1v) is 8.69. The van der Waals surface area contributed by atoms with Gasteiger partial charge >= 0.3 is 6.09 Å². The molecule has 1 aromatic heterocycles. The van der Waals surface area contributed by atoms with Gasteiger partial charge in [0.05, 0.1) is 18.0 Å². The summed E-state index contributed by atoms with van der Waals surface area (Å²) in [5, 5.41) is 6.64. The van der Waals surface area contributed by atoms with Crippen LogP contribution in [0.2, 0.25) is 0 Å². The lowest BCUT2D eigenvalue weighted by molar-refractivity contribution is 0.0993. The fourth-order valence-electron chi connectivity index (χ4n) is 3.01. The normalized spacial score (nSPS) is 14.6. The molecule has 0 spiro atoms. The summed E-state index contributed by atoms with van der Waals surface area (Å²) in [5.41, 5.74) is 4.35. The van der Waals surface area contributed by atoms with Crippen LogP contribution in [-0.4, -0.2) is 24.3 Å². The Morgan fingerprint density at radius 3 is 2.81 bits per heavy atom. The Hall–Kier alpha value is -3.16. The van der Waals surface area contributed by atoms with Crippen LogP contribution < -0.4 is 10.7 Å². The third-order valence-electron chi connectivity index (χ3n) is 4.21. The van der Waals surface area contributed by atoms with Gasteiger partial charge in [-0.1, -0.05) is 12.1 Å². The summed E-state index contributed by atoms with van der Waals surface area (Å²) in [7, 11) is 0. The summed E-state index contributed by atoms with van der Waals surface area (Å²) in [6, 6.07) is 5.91. The van der Waals surface area contributed by atoms with Gasteiger partial charge in [-0.2, -0.15) is 5.10 Å². The number of ether oxygens (including phenoxy) is 1. The predicted molar refractivity (Wildman–Crippen MR) is 97.4 cm³/mol. The van der Waals surface area contributed by atoms with Crippen LogP contribution in [-0.2, 0) is 11.2 Å². The molecule has 1 aliphatic rings. The Bertz CT molecular complexity index is 904. The number of hydrogen-bond acceptors (Lipinski definition) is 5. The van der Waals surface area contributed by atoms with Crippen LogP contribution in [0, 0.1) is 12.7 Å². The van der Waals surface area contributed by atoms with Crippen LogP contribution in [0.25, 0.3) is 0 Å². The number of furan rings is 1. The molecular formula is C19H20FN3O4. The number of benzene rings is 1. The molecule has 0 radical (unpaired) electrons. The number of halogens is 1. The third-order valence-corrected chi connectivity index (χ3v) is 4.21. The molecule has 3 rings (SSSR count). The second-order valence-corrected chi connectivity index (χ2v) is 6.03. The Balaban J connectivity index is 1.86. The quantitative estimate of drug-likeness (QED) is 0.798. The van der Waals surface area contributed by atoms with Gasteiger partial charge < -0.3 is 14.5 Å². The van der Waals surface area contributed by atoms with Crippen LogP contribution in [0.3, 0.4) is 0 Å². The van der Waals surface area contributed by atoms with Gasteiger partial charge in [-0.05, 0) is 38.8 Å². The average Bonchev–Trinajstić information content (AvgIpc) is 3.00. The molecule has 7 nitrogen and oxygen atoms in total. The number of anilines is 1. The van der Waals surface area contributed by atoms with Crippen molar-refractivity contribution < 1.29 is 23.1 Å². The van der Waals surface area contributed by atoms with E-state index in [0.29, 0.717) is 35.4 Å². The van der Waals surface area contributed by atoms with Crippen molar-refractivity contribution in [2.75, 3.05) is 11.9 Å². The SMILES string of the molecule is CCOC(=O)N/N=C1\CCCc2oc(C(=O)Nc3ccccc3F)c(C)c21.